The summed E-state index contributed by atoms with van der Waals surface area (Å²) in [6.07, 6.45) is 9.12. The highest BCUT2D eigenvalue weighted by atomic mass is 32.2. The number of nitrogens with one attached hydrogen (secondary N) is 1. The first-order chi connectivity index (χ1) is 11.6. The van der Waals surface area contributed by atoms with Crippen LogP contribution in [-0.2, 0) is 11.2 Å². The van der Waals surface area contributed by atoms with Crippen molar-refractivity contribution in [3.8, 4) is 0 Å². The first-order valence-corrected chi connectivity index (χ1v) is 10.2. The minimum absolute atomic E-state index is 0.151. The number of carbonyl (C=O) groups excluding carboxylic acids is 1. The highest BCUT2D eigenvalue weighted by molar-refractivity contribution is 8.01. The minimum Gasteiger partial charge on any atom is -0.355 e. The molecule has 130 valence electrons. The predicted molar refractivity (Wildman–Crippen MR) is 96.5 cm³/mol. The Hall–Kier alpha value is -1.03. The summed E-state index contributed by atoms with van der Waals surface area (Å²) in [5.74, 6) is 3.34. The van der Waals surface area contributed by atoms with Gasteiger partial charge in [0.1, 0.15) is 5.82 Å². The van der Waals surface area contributed by atoms with Gasteiger partial charge in [-0.3, -0.25) is 4.79 Å². The molecule has 4 aliphatic rings. The molecule has 1 N–H and O–H groups in total. The maximum absolute atomic E-state index is 12.9. The zero-order valence-corrected chi connectivity index (χ0v) is 14.9. The van der Waals surface area contributed by atoms with Gasteiger partial charge in [-0.05, 0) is 80.4 Å². The maximum Gasteiger partial charge on any atom is 0.230 e. The lowest BCUT2D eigenvalue weighted by Gasteiger charge is -2.56. The van der Waals surface area contributed by atoms with E-state index in [1.807, 2.05) is 11.8 Å². The van der Waals surface area contributed by atoms with Crippen molar-refractivity contribution in [2.75, 3.05) is 12.3 Å². The van der Waals surface area contributed by atoms with Gasteiger partial charge in [0.05, 0.1) is 5.75 Å². The van der Waals surface area contributed by atoms with Gasteiger partial charge >= 0.3 is 0 Å². The molecule has 0 saturated heterocycles. The molecule has 0 atom stereocenters. The van der Waals surface area contributed by atoms with Gasteiger partial charge in [0.2, 0.25) is 5.91 Å². The first-order valence-electron chi connectivity index (χ1n) is 9.25. The van der Waals surface area contributed by atoms with Crippen LogP contribution in [0.2, 0.25) is 0 Å². The average Bonchev–Trinajstić information content (AvgIpc) is 2.54. The minimum atomic E-state index is -0.213. The standard InChI is InChI=1S/C20H26FNOS/c21-18-3-1-14(2-4-18)5-6-22-19(23)13-24-20-10-15-7-16(11-20)9-17(8-15)12-20/h1-4,15-17H,5-13H2,(H,22,23). The lowest BCUT2D eigenvalue weighted by molar-refractivity contribution is -0.118. The summed E-state index contributed by atoms with van der Waals surface area (Å²) in [6, 6.07) is 6.51. The van der Waals surface area contributed by atoms with E-state index in [0.29, 0.717) is 17.0 Å². The first kappa shape index (κ1) is 16.4. The third-order valence-electron chi connectivity index (χ3n) is 6.14. The van der Waals surface area contributed by atoms with Crippen molar-refractivity contribution in [1.29, 1.82) is 0 Å². The molecule has 24 heavy (non-hydrogen) atoms. The molecule has 4 saturated carbocycles. The molecule has 4 aliphatic carbocycles. The summed E-state index contributed by atoms with van der Waals surface area (Å²) < 4.78 is 13.3. The smallest absolute Gasteiger partial charge is 0.230 e. The number of hydrogen-bond acceptors (Lipinski definition) is 2. The van der Waals surface area contributed by atoms with Crippen molar-refractivity contribution in [3.63, 3.8) is 0 Å². The summed E-state index contributed by atoms with van der Waals surface area (Å²) in [5.41, 5.74) is 1.06. The Bertz CT molecular complexity index is 565. The van der Waals surface area contributed by atoms with Crippen LogP contribution in [0.4, 0.5) is 4.39 Å². The fraction of sp³-hybridized carbons (Fsp3) is 0.650. The van der Waals surface area contributed by atoms with E-state index in [1.165, 1.54) is 50.7 Å². The molecule has 0 radical (unpaired) electrons. The van der Waals surface area contributed by atoms with E-state index < -0.39 is 0 Å². The molecule has 0 aromatic heterocycles. The maximum atomic E-state index is 12.9. The van der Waals surface area contributed by atoms with E-state index in [9.17, 15) is 9.18 Å². The Morgan fingerprint density at radius 3 is 2.25 bits per heavy atom. The van der Waals surface area contributed by atoms with Crippen LogP contribution in [-0.4, -0.2) is 23.0 Å². The van der Waals surface area contributed by atoms with E-state index in [0.717, 1.165) is 29.7 Å². The Labute approximate surface area is 148 Å². The third kappa shape index (κ3) is 3.63. The van der Waals surface area contributed by atoms with Gasteiger partial charge in [0.25, 0.3) is 0 Å². The van der Waals surface area contributed by atoms with E-state index >= 15 is 0 Å². The fourth-order valence-corrected chi connectivity index (χ4v) is 7.07. The topological polar surface area (TPSA) is 29.1 Å². The second-order valence-corrected chi connectivity index (χ2v) is 9.56. The van der Waals surface area contributed by atoms with Crippen molar-refractivity contribution >= 4 is 17.7 Å². The summed E-state index contributed by atoms with van der Waals surface area (Å²) in [6.45, 7) is 0.631. The molecular weight excluding hydrogens is 321 g/mol. The molecular formula is C20H26FNOS. The number of halogens is 1. The van der Waals surface area contributed by atoms with Crippen LogP contribution in [0, 0.1) is 23.6 Å². The second kappa shape index (κ2) is 6.70. The van der Waals surface area contributed by atoms with Crippen LogP contribution in [0.25, 0.3) is 0 Å². The molecule has 0 aliphatic heterocycles. The van der Waals surface area contributed by atoms with Crippen molar-refractivity contribution < 1.29 is 9.18 Å². The summed E-state index contributed by atoms with van der Waals surface area (Å²) >= 11 is 1.93. The Kier molecular flexibility index (Phi) is 4.59. The molecule has 0 heterocycles. The molecule has 4 heteroatoms. The van der Waals surface area contributed by atoms with Crippen LogP contribution < -0.4 is 5.32 Å². The number of benzene rings is 1. The van der Waals surface area contributed by atoms with Gasteiger partial charge in [-0.25, -0.2) is 4.39 Å². The van der Waals surface area contributed by atoms with Crippen molar-refractivity contribution in [3.05, 3.63) is 35.6 Å². The molecule has 0 unspecified atom stereocenters. The Morgan fingerprint density at radius 1 is 1.08 bits per heavy atom. The van der Waals surface area contributed by atoms with Crippen molar-refractivity contribution in [1.82, 2.24) is 5.32 Å². The molecule has 1 aromatic rings. The van der Waals surface area contributed by atoms with Gasteiger partial charge in [-0.2, -0.15) is 0 Å². The van der Waals surface area contributed by atoms with Crippen LogP contribution in [0.1, 0.15) is 44.1 Å². The number of rotatable bonds is 6. The van der Waals surface area contributed by atoms with Crippen LogP contribution in [0.3, 0.4) is 0 Å². The summed E-state index contributed by atoms with van der Waals surface area (Å²) in [4.78, 5) is 12.2. The molecule has 5 rings (SSSR count). The van der Waals surface area contributed by atoms with Gasteiger partial charge in [0, 0.05) is 11.3 Å². The highest BCUT2D eigenvalue weighted by Crippen LogP contribution is 2.60. The van der Waals surface area contributed by atoms with E-state index in [-0.39, 0.29) is 11.7 Å². The monoisotopic (exact) mass is 347 g/mol. The number of hydrogen-bond donors (Lipinski definition) is 1. The molecule has 0 spiro atoms. The summed E-state index contributed by atoms with van der Waals surface area (Å²) in [5, 5.41) is 3.02. The highest BCUT2D eigenvalue weighted by Gasteiger charge is 2.51. The van der Waals surface area contributed by atoms with Crippen molar-refractivity contribution in [2.45, 2.75) is 49.7 Å². The van der Waals surface area contributed by atoms with Gasteiger partial charge in [0.15, 0.2) is 0 Å². The van der Waals surface area contributed by atoms with E-state index in [4.69, 9.17) is 0 Å². The quantitative estimate of drug-likeness (QED) is 0.836. The summed E-state index contributed by atoms with van der Waals surface area (Å²) in [7, 11) is 0. The zero-order valence-electron chi connectivity index (χ0n) is 14.1. The molecule has 4 bridgehead atoms. The largest absolute Gasteiger partial charge is 0.355 e. The number of carbonyl (C=O) groups is 1. The Balaban J connectivity index is 1.22. The average molecular weight is 347 g/mol. The van der Waals surface area contributed by atoms with E-state index in [2.05, 4.69) is 5.32 Å². The SMILES string of the molecule is O=C(CSC12CC3CC(CC(C3)C1)C2)NCCc1ccc(F)cc1. The van der Waals surface area contributed by atoms with Crippen LogP contribution in [0.5, 0.6) is 0 Å². The third-order valence-corrected chi connectivity index (χ3v) is 7.66. The normalized spacial score (nSPS) is 33.6. The molecule has 4 fully saturated rings. The van der Waals surface area contributed by atoms with Crippen molar-refractivity contribution in [2.24, 2.45) is 17.8 Å². The van der Waals surface area contributed by atoms with Gasteiger partial charge in [-0.15, -0.1) is 11.8 Å². The molecule has 1 amide bonds. The molecule has 2 nitrogen and oxygen atoms in total. The second-order valence-electron chi connectivity index (χ2n) is 8.12. The number of thioether (sulfide) groups is 1. The lowest BCUT2D eigenvalue weighted by atomic mass is 9.56. The zero-order chi connectivity index (χ0) is 16.6. The lowest BCUT2D eigenvalue weighted by Crippen LogP contribution is -2.49. The number of amides is 1. The van der Waals surface area contributed by atoms with Gasteiger partial charge in [-0.1, -0.05) is 12.1 Å². The predicted octanol–water partition coefficient (Wildman–Crippen LogP) is 4.19. The van der Waals surface area contributed by atoms with Crippen LogP contribution >= 0.6 is 11.8 Å². The van der Waals surface area contributed by atoms with E-state index in [1.54, 1.807) is 12.1 Å². The molecule has 1 aromatic carbocycles. The fourth-order valence-electron chi connectivity index (χ4n) is 5.47. The van der Waals surface area contributed by atoms with Gasteiger partial charge < -0.3 is 5.32 Å². The van der Waals surface area contributed by atoms with Crippen LogP contribution in [0.15, 0.2) is 24.3 Å². The Morgan fingerprint density at radius 2 is 1.67 bits per heavy atom.